The maximum atomic E-state index is 12.9. The fourth-order valence-corrected chi connectivity index (χ4v) is 4.09. The van der Waals surface area contributed by atoms with E-state index in [4.69, 9.17) is 5.73 Å². The molecule has 10 heteroatoms. The number of imide groups is 1. The van der Waals surface area contributed by atoms with Crippen LogP contribution in [0.15, 0.2) is 24.3 Å². The zero-order valence-corrected chi connectivity index (χ0v) is 17.4. The topological polar surface area (TPSA) is 151 Å². The van der Waals surface area contributed by atoms with Crippen LogP contribution in [0.3, 0.4) is 0 Å². The molecule has 1 spiro atoms. The SMILES string of the molecule is CCC1CCC2(CC1)NC(=O)N(CC(=O)Nc1cccc(C(=O)NCC(N)=O)c1)C2=O. The van der Waals surface area contributed by atoms with Crippen LogP contribution in [0.25, 0.3) is 0 Å². The first-order valence-electron chi connectivity index (χ1n) is 10.3. The number of carbonyl (C=O) groups is 5. The molecule has 5 N–H and O–H groups in total. The first-order chi connectivity index (χ1) is 14.7. The summed E-state index contributed by atoms with van der Waals surface area (Å²) in [7, 11) is 0. The Kier molecular flexibility index (Phi) is 6.57. The molecule has 1 aliphatic heterocycles. The molecule has 31 heavy (non-hydrogen) atoms. The van der Waals surface area contributed by atoms with Gasteiger partial charge in [-0.15, -0.1) is 0 Å². The molecule has 2 fully saturated rings. The minimum Gasteiger partial charge on any atom is -0.368 e. The Bertz CT molecular complexity index is 907. The Balaban J connectivity index is 1.60. The molecule has 1 aromatic rings. The van der Waals surface area contributed by atoms with Crippen molar-refractivity contribution in [2.45, 2.75) is 44.6 Å². The maximum Gasteiger partial charge on any atom is 0.325 e. The zero-order valence-electron chi connectivity index (χ0n) is 17.4. The highest BCUT2D eigenvalue weighted by atomic mass is 16.2. The van der Waals surface area contributed by atoms with Crippen molar-refractivity contribution in [3.8, 4) is 0 Å². The van der Waals surface area contributed by atoms with E-state index in [2.05, 4.69) is 22.9 Å². The number of amides is 6. The van der Waals surface area contributed by atoms with Crippen molar-refractivity contribution >= 4 is 35.3 Å². The Morgan fingerprint density at radius 2 is 1.94 bits per heavy atom. The highest BCUT2D eigenvalue weighted by Crippen LogP contribution is 2.37. The van der Waals surface area contributed by atoms with E-state index in [0.717, 1.165) is 24.2 Å². The molecule has 0 atom stereocenters. The van der Waals surface area contributed by atoms with Gasteiger partial charge in [0.15, 0.2) is 0 Å². The van der Waals surface area contributed by atoms with E-state index in [1.807, 2.05) is 0 Å². The number of benzene rings is 1. The van der Waals surface area contributed by atoms with Crippen molar-refractivity contribution in [3.63, 3.8) is 0 Å². The van der Waals surface area contributed by atoms with Gasteiger partial charge in [-0.2, -0.15) is 0 Å². The third-order valence-corrected chi connectivity index (χ3v) is 5.92. The van der Waals surface area contributed by atoms with E-state index in [0.29, 0.717) is 24.4 Å². The standard InChI is InChI=1S/C21H27N5O5/c1-2-13-6-8-21(9-7-13)19(30)26(20(31)25-21)12-17(28)24-15-5-3-4-14(10-15)18(29)23-11-16(22)27/h3-5,10,13H,2,6-9,11-12H2,1H3,(H2,22,27)(H,23,29)(H,24,28)(H,25,31). The van der Waals surface area contributed by atoms with Gasteiger partial charge in [-0.3, -0.25) is 24.1 Å². The molecule has 1 saturated carbocycles. The molecular formula is C21H27N5O5. The van der Waals surface area contributed by atoms with E-state index in [-0.39, 0.29) is 18.0 Å². The lowest BCUT2D eigenvalue weighted by Gasteiger charge is -2.34. The van der Waals surface area contributed by atoms with Crippen molar-refractivity contribution in [2.75, 3.05) is 18.4 Å². The highest BCUT2D eigenvalue weighted by Gasteiger charge is 2.52. The van der Waals surface area contributed by atoms with E-state index in [9.17, 15) is 24.0 Å². The lowest BCUT2D eigenvalue weighted by Crippen LogP contribution is -2.49. The van der Waals surface area contributed by atoms with Crippen molar-refractivity contribution in [2.24, 2.45) is 11.7 Å². The van der Waals surface area contributed by atoms with Crippen LogP contribution in [0.4, 0.5) is 10.5 Å². The first-order valence-corrected chi connectivity index (χ1v) is 10.3. The summed E-state index contributed by atoms with van der Waals surface area (Å²) in [6.07, 6.45) is 3.94. The lowest BCUT2D eigenvalue weighted by molar-refractivity contribution is -0.135. The molecule has 166 valence electrons. The van der Waals surface area contributed by atoms with Gasteiger partial charge in [0, 0.05) is 11.3 Å². The zero-order chi connectivity index (χ0) is 22.6. The van der Waals surface area contributed by atoms with Crippen LogP contribution in [-0.2, 0) is 14.4 Å². The maximum absolute atomic E-state index is 12.9. The fraction of sp³-hybridized carbons (Fsp3) is 0.476. The number of urea groups is 1. The third kappa shape index (κ3) is 5.01. The minimum atomic E-state index is -0.901. The minimum absolute atomic E-state index is 0.223. The number of nitrogens with zero attached hydrogens (tertiary/aromatic N) is 1. The van der Waals surface area contributed by atoms with Gasteiger partial charge in [0.2, 0.25) is 11.8 Å². The smallest absolute Gasteiger partial charge is 0.325 e. The quantitative estimate of drug-likeness (QED) is 0.471. The molecule has 0 bridgehead atoms. The number of primary amides is 1. The molecule has 1 aromatic carbocycles. The van der Waals surface area contributed by atoms with E-state index < -0.39 is 35.8 Å². The molecule has 0 radical (unpaired) electrons. The summed E-state index contributed by atoms with van der Waals surface area (Å²) < 4.78 is 0. The van der Waals surface area contributed by atoms with Gasteiger partial charge in [0.1, 0.15) is 12.1 Å². The summed E-state index contributed by atoms with van der Waals surface area (Å²) in [5.74, 6) is -1.56. The van der Waals surface area contributed by atoms with Crippen LogP contribution in [0.5, 0.6) is 0 Å². The number of nitrogens with one attached hydrogen (secondary N) is 3. The number of rotatable bonds is 7. The fourth-order valence-electron chi connectivity index (χ4n) is 4.09. The van der Waals surface area contributed by atoms with Gasteiger partial charge in [-0.05, 0) is 49.8 Å². The van der Waals surface area contributed by atoms with Crippen LogP contribution in [0.2, 0.25) is 0 Å². The van der Waals surface area contributed by atoms with Gasteiger partial charge in [0.05, 0.1) is 6.54 Å². The Morgan fingerprint density at radius 3 is 2.58 bits per heavy atom. The first kappa shape index (κ1) is 22.3. The highest BCUT2D eigenvalue weighted by molar-refractivity contribution is 6.10. The number of carbonyl (C=O) groups excluding carboxylic acids is 5. The number of anilines is 1. The van der Waals surface area contributed by atoms with Gasteiger partial charge >= 0.3 is 6.03 Å². The third-order valence-electron chi connectivity index (χ3n) is 5.92. The number of hydrogen-bond donors (Lipinski definition) is 4. The summed E-state index contributed by atoms with van der Waals surface area (Å²) in [6.45, 7) is 1.40. The molecule has 10 nitrogen and oxygen atoms in total. The average Bonchev–Trinajstić information content (AvgIpc) is 2.96. The largest absolute Gasteiger partial charge is 0.368 e. The molecule has 1 aliphatic carbocycles. The van der Waals surface area contributed by atoms with Crippen molar-refractivity contribution < 1.29 is 24.0 Å². The molecule has 1 saturated heterocycles. The predicted molar refractivity (Wildman–Crippen MR) is 112 cm³/mol. The van der Waals surface area contributed by atoms with Crippen molar-refractivity contribution in [1.29, 1.82) is 0 Å². The average molecular weight is 429 g/mol. The van der Waals surface area contributed by atoms with Crippen molar-refractivity contribution in [3.05, 3.63) is 29.8 Å². The van der Waals surface area contributed by atoms with Crippen molar-refractivity contribution in [1.82, 2.24) is 15.5 Å². The molecule has 0 unspecified atom stereocenters. The Morgan fingerprint density at radius 1 is 1.23 bits per heavy atom. The van der Waals surface area contributed by atoms with Crippen LogP contribution in [-0.4, -0.2) is 53.2 Å². The van der Waals surface area contributed by atoms with Crippen LogP contribution >= 0.6 is 0 Å². The molecule has 0 aromatic heterocycles. The summed E-state index contributed by atoms with van der Waals surface area (Å²) in [5, 5.41) is 7.75. The molecule has 2 aliphatic rings. The van der Waals surface area contributed by atoms with Gasteiger partial charge in [-0.1, -0.05) is 19.4 Å². The van der Waals surface area contributed by atoms with E-state index in [1.54, 1.807) is 12.1 Å². The van der Waals surface area contributed by atoms with Crippen LogP contribution < -0.4 is 21.7 Å². The second-order valence-corrected chi connectivity index (χ2v) is 8.03. The normalized spacial score (nSPS) is 22.9. The summed E-state index contributed by atoms with van der Waals surface area (Å²) in [5.41, 5.74) is 4.65. The molecule has 1 heterocycles. The monoisotopic (exact) mass is 429 g/mol. The van der Waals surface area contributed by atoms with Gasteiger partial charge in [0.25, 0.3) is 11.8 Å². The van der Waals surface area contributed by atoms with Crippen LogP contribution in [0, 0.1) is 5.92 Å². The second kappa shape index (κ2) is 9.15. The Hall–Kier alpha value is -3.43. The second-order valence-electron chi connectivity index (χ2n) is 8.03. The summed E-state index contributed by atoms with van der Waals surface area (Å²) >= 11 is 0. The number of hydrogen-bond acceptors (Lipinski definition) is 5. The van der Waals surface area contributed by atoms with Gasteiger partial charge < -0.3 is 21.7 Å². The van der Waals surface area contributed by atoms with Crippen LogP contribution in [0.1, 0.15) is 49.4 Å². The summed E-state index contributed by atoms with van der Waals surface area (Å²) in [4.78, 5) is 61.6. The van der Waals surface area contributed by atoms with E-state index >= 15 is 0 Å². The summed E-state index contributed by atoms with van der Waals surface area (Å²) in [6, 6.07) is 5.51. The molecule has 3 rings (SSSR count). The lowest BCUT2D eigenvalue weighted by atomic mass is 9.75. The molecule has 6 amide bonds. The predicted octanol–water partition coefficient (Wildman–Crippen LogP) is 0.731. The number of nitrogens with two attached hydrogens (primary N) is 1. The van der Waals surface area contributed by atoms with Gasteiger partial charge in [-0.25, -0.2) is 4.79 Å². The van der Waals surface area contributed by atoms with E-state index in [1.165, 1.54) is 12.1 Å². The Labute approximate surface area is 179 Å². The molecular weight excluding hydrogens is 402 g/mol.